The number of alkyl halides is 3. The van der Waals surface area contributed by atoms with Crippen molar-refractivity contribution in [2.45, 2.75) is 25.0 Å². The third-order valence-corrected chi connectivity index (χ3v) is 4.33. The molecule has 4 nitrogen and oxygen atoms in total. The molecule has 0 N–H and O–H groups in total. The summed E-state index contributed by atoms with van der Waals surface area (Å²) in [6.07, 6.45) is -4.75. The Bertz CT molecular complexity index is 609. The predicted octanol–water partition coefficient (Wildman–Crippen LogP) is 3.73. The summed E-state index contributed by atoms with van der Waals surface area (Å²) in [7, 11) is 0. The van der Waals surface area contributed by atoms with Crippen molar-refractivity contribution in [3.05, 3.63) is 22.7 Å². The Hall–Kier alpha value is -1.22. The first-order chi connectivity index (χ1) is 10.2. The number of ether oxygens (including phenoxy) is 1. The molecule has 1 unspecified atom stereocenters. The fourth-order valence-corrected chi connectivity index (χ4v) is 3.40. The van der Waals surface area contributed by atoms with Crippen molar-refractivity contribution >= 4 is 44.4 Å². The Morgan fingerprint density at radius 3 is 2.73 bits per heavy atom. The molecule has 1 heterocycles. The van der Waals surface area contributed by atoms with E-state index in [4.69, 9.17) is 0 Å². The third-order valence-electron chi connectivity index (χ3n) is 2.86. The lowest BCUT2D eigenvalue weighted by molar-refractivity contribution is -0.274. The van der Waals surface area contributed by atoms with E-state index in [1.54, 1.807) is 0 Å². The van der Waals surface area contributed by atoms with Gasteiger partial charge in [-0.2, -0.15) is 0 Å². The second kappa shape index (κ2) is 6.49. The largest absolute Gasteiger partial charge is 0.573 e. The summed E-state index contributed by atoms with van der Waals surface area (Å²) in [5.74, 6) is -0.790. The smallest absolute Gasteiger partial charge is 0.404 e. The fourth-order valence-electron chi connectivity index (χ4n) is 2.13. The Labute approximate surface area is 137 Å². The third kappa shape index (κ3) is 4.39. The Morgan fingerprint density at radius 1 is 1.45 bits per heavy atom. The quantitative estimate of drug-likeness (QED) is 0.779. The van der Waals surface area contributed by atoms with E-state index in [1.807, 2.05) is 0 Å². The van der Waals surface area contributed by atoms with Crippen LogP contribution in [-0.2, 0) is 9.59 Å². The van der Waals surface area contributed by atoms with Crippen LogP contribution < -0.4 is 9.64 Å². The summed E-state index contributed by atoms with van der Waals surface area (Å²) in [6, 6.07) is 3.93. The number of hydrogen-bond donors (Lipinski definition) is 0. The second-order valence-corrected chi connectivity index (χ2v) is 6.99. The molecule has 9 heteroatoms. The van der Waals surface area contributed by atoms with Crippen LogP contribution in [0, 0.1) is 0 Å². The van der Waals surface area contributed by atoms with Crippen LogP contribution in [-0.4, -0.2) is 29.2 Å². The zero-order chi connectivity index (χ0) is 16.5. The normalized spacial score (nSPS) is 18.7. The van der Waals surface area contributed by atoms with E-state index in [0.717, 1.165) is 17.8 Å². The number of benzene rings is 1. The van der Waals surface area contributed by atoms with Crippen LogP contribution in [0.5, 0.6) is 5.75 Å². The van der Waals surface area contributed by atoms with Crippen LogP contribution in [0.15, 0.2) is 22.7 Å². The van der Waals surface area contributed by atoms with Gasteiger partial charge in [0.25, 0.3) is 0 Å². The van der Waals surface area contributed by atoms with Gasteiger partial charge in [-0.1, -0.05) is 27.7 Å². The molecule has 1 aliphatic rings. The molecule has 1 amide bonds. The average molecular weight is 398 g/mol. The molecular formula is C13H11BrF3NO3S. The summed E-state index contributed by atoms with van der Waals surface area (Å²) < 4.78 is 41.9. The van der Waals surface area contributed by atoms with E-state index in [9.17, 15) is 22.8 Å². The molecule has 0 spiro atoms. The van der Waals surface area contributed by atoms with E-state index in [-0.39, 0.29) is 34.9 Å². The van der Waals surface area contributed by atoms with E-state index in [0.29, 0.717) is 4.47 Å². The Morgan fingerprint density at radius 2 is 2.14 bits per heavy atom. The summed E-state index contributed by atoms with van der Waals surface area (Å²) in [5.41, 5.74) is 0.0309. The maximum atomic E-state index is 12.5. The van der Waals surface area contributed by atoms with Crippen molar-refractivity contribution < 1.29 is 27.5 Å². The minimum atomic E-state index is -4.85. The van der Waals surface area contributed by atoms with Gasteiger partial charge in [0.05, 0.1) is 5.69 Å². The highest BCUT2D eigenvalue weighted by molar-refractivity contribution is 9.10. The fraction of sp³-hybridized carbons (Fsp3) is 0.385. The number of nitrogens with zero attached hydrogens (tertiary/aromatic N) is 1. The maximum absolute atomic E-state index is 12.5. The van der Waals surface area contributed by atoms with Gasteiger partial charge in [0.2, 0.25) is 5.91 Å². The molecule has 22 heavy (non-hydrogen) atoms. The first-order valence-corrected chi connectivity index (χ1v) is 7.86. The molecule has 120 valence electrons. The van der Waals surface area contributed by atoms with Gasteiger partial charge in [0.1, 0.15) is 0 Å². The van der Waals surface area contributed by atoms with Crippen molar-refractivity contribution in [3.8, 4) is 5.75 Å². The summed E-state index contributed by atoms with van der Waals surface area (Å²) in [6.45, 7) is 1.54. The molecule has 2 rings (SSSR count). The topological polar surface area (TPSA) is 46.6 Å². The molecule has 0 radical (unpaired) electrons. The lowest BCUT2D eigenvalue weighted by atomic mass is 10.2. The first kappa shape index (κ1) is 17.1. The molecule has 1 aromatic rings. The van der Waals surface area contributed by atoms with Gasteiger partial charge in [0, 0.05) is 29.6 Å². The number of carbonyl (C=O) groups is 2. The predicted molar refractivity (Wildman–Crippen MR) is 79.9 cm³/mol. The minimum absolute atomic E-state index is 0.0309. The van der Waals surface area contributed by atoms with Crippen molar-refractivity contribution in [1.82, 2.24) is 0 Å². The van der Waals surface area contributed by atoms with Crippen molar-refractivity contribution in [3.63, 3.8) is 0 Å². The number of rotatable bonds is 3. The van der Waals surface area contributed by atoms with E-state index < -0.39 is 12.1 Å². The summed E-state index contributed by atoms with van der Waals surface area (Å²) in [4.78, 5) is 24.4. The highest BCUT2D eigenvalue weighted by Gasteiger charge is 2.37. The molecule has 1 saturated heterocycles. The summed E-state index contributed by atoms with van der Waals surface area (Å²) in [5, 5.41) is -0.414. The molecule has 1 atom stereocenters. The van der Waals surface area contributed by atoms with Gasteiger partial charge in [0.15, 0.2) is 10.9 Å². The number of halogens is 4. The van der Waals surface area contributed by atoms with Crippen LogP contribution in [0.4, 0.5) is 18.9 Å². The highest BCUT2D eigenvalue weighted by atomic mass is 79.9. The zero-order valence-electron chi connectivity index (χ0n) is 11.3. The Kier molecular flexibility index (Phi) is 5.06. The van der Waals surface area contributed by atoms with E-state index in [1.165, 1.54) is 24.0 Å². The lowest BCUT2D eigenvalue weighted by Gasteiger charge is -2.21. The highest BCUT2D eigenvalue weighted by Crippen LogP contribution is 2.38. The number of thioether (sulfide) groups is 1. The molecule has 0 aromatic heterocycles. The molecule has 0 aliphatic carbocycles. The molecule has 0 saturated carbocycles. The second-order valence-electron chi connectivity index (χ2n) is 4.60. The van der Waals surface area contributed by atoms with Gasteiger partial charge in [-0.15, -0.1) is 13.2 Å². The number of anilines is 1. The minimum Gasteiger partial charge on any atom is -0.404 e. The SMILES string of the molecule is CC(=O)SC1CC(=O)N(c2cc(Br)ccc2OC(F)(F)F)C1. The molecule has 1 aliphatic heterocycles. The van der Waals surface area contributed by atoms with Gasteiger partial charge in [-0.3, -0.25) is 9.59 Å². The monoisotopic (exact) mass is 397 g/mol. The average Bonchev–Trinajstić information content (AvgIpc) is 2.70. The molecule has 1 aromatic carbocycles. The Balaban J connectivity index is 2.29. The van der Waals surface area contributed by atoms with Crippen LogP contribution in [0.1, 0.15) is 13.3 Å². The number of amides is 1. The van der Waals surface area contributed by atoms with Crippen LogP contribution in [0.2, 0.25) is 0 Å². The molecular weight excluding hydrogens is 387 g/mol. The van der Waals surface area contributed by atoms with Crippen molar-refractivity contribution in [2.75, 3.05) is 11.4 Å². The standard InChI is InChI=1S/C13H11BrF3NO3S/c1-7(19)22-9-5-12(20)18(6-9)10-4-8(14)2-3-11(10)21-13(15,16)17/h2-4,9H,5-6H2,1H3. The van der Waals surface area contributed by atoms with Gasteiger partial charge in [-0.25, -0.2) is 0 Å². The van der Waals surface area contributed by atoms with Gasteiger partial charge < -0.3 is 9.64 Å². The molecule has 1 fully saturated rings. The van der Waals surface area contributed by atoms with Gasteiger partial charge >= 0.3 is 6.36 Å². The first-order valence-electron chi connectivity index (χ1n) is 6.18. The van der Waals surface area contributed by atoms with Crippen LogP contribution in [0.3, 0.4) is 0 Å². The maximum Gasteiger partial charge on any atom is 0.573 e. The van der Waals surface area contributed by atoms with E-state index >= 15 is 0 Å². The lowest BCUT2D eigenvalue weighted by Crippen LogP contribution is -2.27. The number of hydrogen-bond acceptors (Lipinski definition) is 4. The van der Waals surface area contributed by atoms with Gasteiger partial charge in [-0.05, 0) is 18.2 Å². The van der Waals surface area contributed by atoms with Crippen LogP contribution in [0.25, 0.3) is 0 Å². The van der Waals surface area contributed by atoms with Crippen molar-refractivity contribution in [1.29, 1.82) is 0 Å². The zero-order valence-corrected chi connectivity index (χ0v) is 13.7. The molecule has 0 bridgehead atoms. The van der Waals surface area contributed by atoms with Crippen LogP contribution >= 0.6 is 27.7 Å². The van der Waals surface area contributed by atoms with Crippen molar-refractivity contribution in [2.24, 2.45) is 0 Å². The van der Waals surface area contributed by atoms with E-state index in [2.05, 4.69) is 20.7 Å². The summed E-state index contributed by atoms with van der Waals surface area (Å²) >= 11 is 4.18. The number of carbonyl (C=O) groups excluding carboxylic acids is 2.